The maximum atomic E-state index is 10.4. The van der Waals surface area contributed by atoms with Gasteiger partial charge in [-0.1, -0.05) is 5.57 Å². The molecule has 2 fully saturated rings. The molecule has 1 unspecified atom stereocenters. The summed E-state index contributed by atoms with van der Waals surface area (Å²) in [6, 6.07) is 9.99. The molecule has 6 nitrogen and oxygen atoms in total. The molecule has 2 saturated heterocycles. The molecule has 2 aliphatic heterocycles. The first-order valence-electron chi connectivity index (χ1n) is 9.71. The van der Waals surface area contributed by atoms with Gasteiger partial charge in [0.25, 0.3) is 0 Å². The van der Waals surface area contributed by atoms with Gasteiger partial charge in [-0.15, -0.1) is 5.10 Å². The molecule has 0 amide bonds. The Labute approximate surface area is 164 Å². The van der Waals surface area contributed by atoms with Crippen LogP contribution < -0.4 is 5.32 Å². The summed E-state index contributed by atoms with van der Waals surface area (Å²) in [5, 5.41) is 22.9. The van der Waals surface area contributed by atoms with Crippen molar-refractivity contribution in [2.24, 2.45) is 0 Å². The van der Waals surface area contributed by atoms with E-state index < -0.39 is 0 Å². The van der Waals surface area contributed by atoms with Crippen LogP contribution in [0.25, 0.3) is 23.0 Å². The first-order chi connectivity index (χ1) is 13.6. The highest BCUT2D eigenvalue weighted by Gasteiger charge is 2.39. The zero-order valence-corrected chi connectivity index (χ0v) is 15.8. The number of hydrogen-bond acceptors (Lipinski definition) is 5. The zero-order chi connectivity index (χ0) is 19.1. The van der Waals surface area contributed by atoms with Crippen LogP contribution in [0.3, 0.4) is 0 Å². The molecular weight excluding hydrogens is 350 g/mol. The van der Waals surface area contributed by atoms with E-state index in [2.05, 4.69) is 33.5 Å². The molecule has 28 heavy (non-hydrogen) atoms. The molecule has 0 aliphatic carbocycles. The summed E-state index contributed by atoms with van der Waals surface area (Å²) in [4.78, 5) is 4.03. The topological polar surface area (TPSA) is 75.9 Å². The number of nitrogens with zero attached hydrogens (tertiary/aromatic N) is 4. The number of hydrogen-bond donors (Lipinski definition) is 2. The molecule has 0 radical (unpaired) electrons. The number of rotatable bonds is 3. The van der Waals surface area contributed by atoms with Crippen LogP contribution in [0.15, 0.2) is 54.6 Å². The summed E-state index contributed by atoms with van der Waals surface area (Å²) < 4.78 is 1.84. The Bertz CT molecular complexity index is 1030. The predicted octanol–water partition coefficient (Wildman–Crippen LogP) is 3.72. The number of imidazole rings is 1. The number of fused-ring (bicyclic) bond motifs is 2. The second kappa shape index (κ2) is 6.56. The van der Waals surface area contributed by atoms with Gasteiger partial charge in [0.1, 0.15) is 5.75 Å². The van der Waals surface area contributed by atoms with E-state index in [1.165, 1.54) is 18.4 Å². The van der Waals surface area contributed by atoms with E-state index in [0.717, 1.165) is 24.2 Å². The summed E-state index contributed by atoms with van der Waals surface area (Å²) in [5.41, 5.74) is 4.74. The van der Waals surface area contributed by atoms with Crippen LogP contribution in [0.4, 0.5) is 0 Å². The van der Waals surface area contributed by atoms with Gasteiger partial charge in [0.2, 0.25) is 0 Å². The first kappa shape index (κ1) is 17.1. The average molecular weight is 373 g/mol. The van der Waals surface area contributed by atoms with Crippen LogP contribution in [-0.2, 0) is 0 Å². The van der Waals surface area contributed by atoms with Gasteiger partial charge in [-0.05, 0) is 62.9 Å². The largest absolute Gasteiger partial charge is 0.507 e. The van der Waals surface area contributed by atoms with E-state index in [-0.39, 0.29) is 11.3 Å². The Morgan fingerprint density at radius 3 is 2.89 bits per heavy atom. The Balaban J connectivity index is 1.38. The van der Waals surface area contributed by atoms with Crippen LogP contribution >= 0.6 is 0 Å². The van der Waals surface area contributed by atoms with E-state index in [4.69, 9.17) is 0 Å². The highest BCUT2D eigenvalue weighted by atomic mass is 16.3. The van der Waals surface area contributed by atoms with Crippen LogP contribution in [0.5, 0.6) is 5.75 Å². The van der Waals surface area contributed by atoms with Gasteiger partial charge in [-0.2, -0.15) is 5.10 Å². The van der Waals surface area contributed by atoms with Gasteiger partial charge < -0.3 is 15.0 Å². The number of aromatic hydroxyl groups is 1. The van der Waals surface area contributed by atoms with Crippen LogP contribution in [0.1, 0.15) is 38.3 Å². The van der Waals surface area contributed by atoms with Gasteiger partial charge in [-0.3, -0.25) is 0 Å². The molecule has 2 aromatic heterocycles. The third-order valence-corrected chi connectivity index (χ3v) is 5.82. The monoisotopic (exact) mass is 373 g/mol. The molecule has 3 aromatic rings. The molecule has 0 saturated carbocycles. The maximum absolute atomic E-state index is 10.4. The summed E-state index contributed by atoms with van der Waals surface area (Å²) in [7, 11) is 0. The van der Waals surface area contributed by atoms with Gasteiger partial charge in [0.05, 0.1) is 23.4 Å². The average Bonchev–Trinajstić information content (AvgIpc) is 3.30. The fourth-order valence-corrected chi connectivity index (χ4v) is 4.50. The normalized spacial score (nSPS) is 25.3. The Morgan fingerprint density at radius 2 is 2.18 bits per heavy atom. The number of piperidine rings is 1. The first-order valence-corrected chi connectivity index (χ1v) is 9.71. The fraction of sp³-hybridized carbons (Fsp3) is 0.318. The number of phenols is 1. The molecule has 2 atom stereocenters. The Kier molecular flexibility index (Phi) is 4.02. The highest BCUT2D eigenvalue weighted by Crippen LogP contribution is 2.38. The third kappa shape index (κ3) is 3.20. The third-order valence-electron chi connectivity index (χ3n) is 5.82. The summed E-state index contributed by atoms with van der Waals surface area (Å²) in [6.07, 6.45) is 12.1. The van der Waals surface area contributed by atoms with Crippen LogP contribution in [0.2, 0.25) is 0 Å². The van der Waals surface area contributed by atoms with Crippen molar-refractivity contribution >= 4 is 6.08 Å². The molecule has 6 heteroatoms. The molecule has 142 valence electrons. The minimum Gasteiger partial charge on any atom is -0.507 e. The minimum atomic E-state index is 0.175. The van der Waals surface area contributed by atoms with Crippen LogP contribution in [0, 0.1) is 0 Å². The van der Waals surface area contributed by atoms with Gasteiger partial charge in [0.15, 0.2) is 0 Å². The lowest BCUT2D eigenvalue weighted by atomic mass is 9.88. The fourth-order valence-electron chi connectivity index (χ4n) is 4.50. The molecule has 2 N–H and O–H groups in total. The van der Waals surface area contributed by atoms with Gasteiger partial charge in [0, 0.05) is 35.6 Å². The number of phenolic OH excluding ortho intramolecular Hbond substituents is 1. The SMILES string of the molecule is C[C@@]12CCC(C/C(=C\c3ccc(-c4ccc(-n5ccnc5)cc4O)nn3)C1)N2. The van der Waals surface area contributed by atoms with E-state index in [1.807, 2.05) is 35.0 Å². The lowest BCUT2D eigenvalue weighted by Crippen LogP contribution is -2.44. The van der Waals surface area contributed by atoms with Crippen molar-refractivity contribution in [3.8, 4) is 22.7 Å². The van der Waals surface area contributed by atoms with Crippen molar-refractivity contribution < 1.29 is 5.11 Å². The van der Waals surface area contributed by atoms with Gasteiger partial charge >= 0.3 is 0 Å². The smallest absolute Gasteiger partial charge is 0.127 e. The van der Waals surface area contributed by atoms with Crippen molar-refractivity contribution in [2.75, 3.05) is 0 Å². The van der Waals surface area contributed by atoms with Crippen molar-refractivity contribution in [3.63, 3.8) is 0 Å². The molecule has 0 spiro atoms. The van der Waals surface area contributed by atoms with Gasteiger partial charge in [-0.25, -0.2) is 4.98 Å². The van der Waals surface area contributed by atoms with E-state index in [1.54, 1.807) is 18.6 Å². The van der Waals surface area contributed by atoms with Crippen molar-refractivity contribution in [2.45, 2.75) is 44.2 Å². The second-order valence-corrected chi connectivity index (χ2v) is 8.14. The van der Waals surface area contributed by atoms with Crippen molar-refractivity contribution in [1.29, 1.82) is 0 Å². The Hall–Kier alpha value is -2.99. The van der Waals surface area contributed by atoms with Crippen molar-refractivity contribution in [1.82, 2.24) is 25.1 Å². The zero-order valence-electron chi connectivity index (χ0n) is 15.8. The van der Waals surface area contributed by atoms with E-state index in [0.29, 0.717) is 17.3 Å². The lowest BCUT2D eigenvalue weighted by Gasteiger charge is -2.32. The minimum absolute atomic E-state index is 0.175. The number of aromatic nitrogens is 4. The predicted molar refractivity (Wildman–Crippen MR) is 108 cm³/mol. The molecular formula is C22H23N5O. The summed E-state index contributed by atoms with van der Waals surface area (Å²) >= 11 is 0. The summed E-state index contributed by atoms with van der Waals surface area (Å²) in [6.45, 7) is 2.31. The molecule has 4 heterocycles. The molecule has 2 bridgehead atoms. The molecule has 1 aromatic carbocycles. The standard InChI is InChI=1S/C22H23N5O/c1-22-7-6-16(24-22)10-15(13-22)11-17-2-5-20(26-25-17)19-4-3-18(12-21(19)28)27-9-8-23-14-27/h2-5,8-9,11-12,14,16,24,28H,6-7,10,13H2,1H3/b15-11+/t16?,22-/m1/s1. The van der Waals surface area contributed by atoms with Crippen molar-refractivity contribution in [3.05, 3.63) is 60.3 Å². The second-order valence-electron chi connectivity index (χ2n) is 8.14. The molecule has 5 rings (SSSR count). The lowest BCUT2D eigenvalue weighted by molar-refractivity contribution is 0.351. The Morgan fingerprint density at radius 1 is 1.25 bits per heavy atom. The van der Waals surface area contributed by atoms with Crippen LogP contribution in [-0.4, -0.2) is 36.4 Å². The van der Waals surface area contributed by atoms with E-state index in [9.17, 15) is 5.11 Å². The number of benzene rings is 1. The highest BCUT2D eigenvalue weighted by molar-refractivity contribution is 5.69. The number of nitrogens with one attached hydrogen (secondary N) is 1. The maximum Gasteiger partial charge on any atom is 0.127 e. The molecule has 2 aliphatic rings. The van der Waals surface area contributed by atoms with E-state index >= 15 is 0 Å². The summed E-state index contributed by atoms with van der Waals surface area (Å²) in [5.74, 6) is 0.175. The quantitative estimate of drug-likeness (QED) is 0.732.